The molecule has 4 rings (SSSR count). The average Bonchev–Trinajstić information content (AvgIpc) is 3.12. The molecule has 0 spiro atoms. The van der Waals surface area contributed by atoms with Crippen LogP contribution in [0.2, 0.25) is 0 Å². The minimum atomic E-state index is -0.730. The number of hydrogen-bond donors (Lipinski definition) is 1. The van der Waals surface area contributed by atoms with E-state index in [2.05, 4.69) is 26.0 Å². The summed E-state index contributed by atoms with van der Waals surface area (Å²) >= 11 is 0. The molecule has 142 valence electrons. The lowest BCUT2D eigenvalue weighted by Gasteiger charge is -2.54. The van der Waals surface area contributed by atoms with E-state index >= 15 is 0 Å². The molecule has 1 saturated carbocycles. The van der Waals surface area contributed by atoms with Crippen LogP contribution in [0.1, 0.15) is 59.3 Å². The second kappa shape index (κ2) is 5.79. The minimum absolute atomic E-state index is 0.00277. The summed E-state index contributed by atoms with van der Waals surface area (Å²) in [6, 6.07) is 0. The molecule has 1 heterocycles. The molecule has 0 aromatic heterocycles. The summed E-state index contributed by atoms with van der Waals surface area (Å²) in [5.74, 6) is 0.0896. The zero-order valence-corrected chi connectivity index (χ0v) is 16.1. The number of fused-ring (bicyclic) bond motifs is 5. The normalized spacial score (nSPS) is 43.8. The van der Waals surface area contributed by atoms with Gasteiger partial charge >= 0.3 is 5.97 Å². The van der Waals surface area contributed by atoms with Crippen LogP contribution in [-0.2, 0) is 14.3 Å². The van der Waals surface area contributed by atoms with Gasteiger partial charge in [-0.3, -0.25) is 9.59 Å². The van der Waals surface area contributed by atoms with Gasteiger partial charge in [0.05, 0.1) is 13.2 Å². The van der Waals surface area contributed by atoms with Crippen LogP contribution in [0, 0.1) is 28.1 Å². The first kappa shape index (κ1) is 18.0. The number of aliphatic carboxylic acids is 1. The quantitative estimate of drug-likeness (QED) is 0.820. The van der Waals surface area contributed by atoms with E-state index in [1.54, 1.807) is 6.92 Å². The van der Waals surface area contributed by atoms with Crippen molar-refractivity contribution in [2.45, 2.75) is 59.3 Å². The smallest absolute Gasteiger partial charge is 0.303 e. The van der Waals surface area contributed by atoms with Crippen molar-refractivity contribution in [2.24, 2.45) is 28.1 Å². The number of ketones is 1. The number of carboxylic acids is 1. The molecule has 0 bridgehead atoms. The van der Waals surface area contributed by atoms with E-state index in [-0.39, 0.29) is 28.6 Å². The Hall–Kier alpha value is -1.42. The van der Waals surface area contributed by atoms with Crippen molar-refractivity contribution in [3.8, 4) is 0 Å². The van der Waals surface area contributed by atoms with Crippen molar-refractivity contribution in [2.75, 3.05) is 13.2 Å². The van der Waals surface area contributed by atoms with Gasteiger partial charge < -0.3 is 9.84 Å². The first-order valence-corrected chi connectivity index (χ1v) is 9.96. The summed E-state index contributed by atoms with van der Waals surface area (Å²) in [5.41, 5.74) is 2.55. The van der Waals surface area contributed by atoms with Gasteiger partial charge in [-0.05, 0) is 66.9 Å². The van der Waals surface area contributed by atoms with Crippen molar-refractivity contribution in [1.29, 1.82) is 0 Å². The Bertz CT molecular complexity index is 720. The van der Waals surface area contributed by atoms with Gasteiger partial charge in [-0.15, -0.1) is 0 Å². The van der Waals surface area contributed by atoms with Gasteiger partial charge in [-0.25, -0.2) is 0 Å². The number of allylic oxidation sites excluding steroid dienone is 3. The standard InChI is InChI=1S/C22H30O4/c1-14(23)16-6-9-21(3)17-5-4-15-12-26-13-22(15,11-8-19(24)25)18(17)7-10-20(16,21)2/h5,7,15-16H,4,6,8-13H2,1-3H3,(H,24,25). The highest BCUT2D eigenvalue weighted by Crippen LogP contribution is 2.69. The third kappa shape index (κ3) is 2.17. The molecule has 4 aliphatic rings. The predicted octanol–water partition coefficient (Wildman–Crippen LogP) is 4.16. The van der Waals surface area contributed by atoms with E-state index in [1.807, 2.05) is 0 Å². The van der Waals surface area contributed by atoms with E-state index in [4.69, 9.17) is 4.74 Å². The largest absolute Gasteiger partial charge is 0.481 e. The zero-order chi connectivity index (χ0) is 18.7. The highest BCUT2D eigenvalue weighted by atomic mass is 16.5. The van der Waals surface area contributed by atoms with Crippen LogP contribution in [0.25, 0.3) is 0 Å². The number of Topliss-reactive ketones (excluding diaryl/α,β-unsaturated/α-hetero) is 1. The minimum Gasteiger partial charge on any atom is -0.481 e. The van der Waals surface area contributed by atoms with Crippen LogP contribution in [0.5, 0.6) is 0 Å². The summed E-state index contributed by atoms with van der Waals surface area (Å²) < 4.78 is 5.88. The fourth-order valence-corrected chi connectivity index (χ4v) is 6.66. The van der Waals surface area contributed by atoms with Crippen LogP contribution in [-0.4, -0.2) is 30.1 Å². The van der Waals surface area contributed by atoms with Gasteiger partial charge in [0.15, 0.2) is 0 Å². The maximum Gasteiger partial charge on any atom is 0.303 e. The Morgan fingerprint density at radius 2 is 2.04 bits per heavy atom. The molecule has 26 heavy (non-hydrogen) atoms. The molecule has 0 amide bonds. The number of ether oxygens (including phenoxy) is 1. The molecule has 3 aliphatic carbocycles. The molecule has 5 unspecified atom stereocenters. The van der Waals surface area contributed by atoms with Gasteiger partial charge in [0.1, 0.15) is 5.78 Å². The lowest BCUT2D eigenvalue weighted by atomic mass is 9.49. The number of hydrogen-bond acceptors (Lipinski definition) is 3. The SMILES string of the molecule is CC(=O)C1CCC2(C)C3=CCC4COCC4(CCC(=O)O)C3=CCC12C. The molecular formula is C22H30O4. The molecule has 0 aromatic carbocycles. The van der Waals surface area contributed by atoms with Crippen LogP contribution in [0.15, 0.2) is 23.3 Å². The van der Waals surface area contributed by atoms with Crippen LogP contribution >= 0.6 is 0 Å². The van der Waals surface area contributed by atoms with Gasteiger partial charge in [-0.2, -0.15) is 0 Å². The fourth-order valence-electron chi connectivity index (χ4n) is 6.66. The van der Waals surface area contributed by atoms with E-state index < -0.39 is 5.97 Å². The van der Waals surface area contributed by atoms with Crippen LogP contribution in [0.3, 0.4) is 0 Å². The summed E-state index contributed by atoms with van der Waals surface area (Å²) in [6.07, 6.45) is 9.44. The van der Waals surface area contributed by atoms with Crippen molar-refractivity contribution < 1.29 is 19.4 Å². The Kier molecular flexibility index (Phi) is 4.00. The lowest BCUT2D eigenvalue weighted by Crippen LogP contribution is -2.48. The van der Waals surface area contributed by atoms with Gasteiger partial charge in [-0.1, -0.05) is 26.0 Å². The van der Waals surface area contributed by atoms with Gasteiger partial charge in [0.2, 0.25) is 0 Å². The summed E-state index contributed by atoms with van der Waals surface area (Å²) in [5, 5.41) is 9.28. The number of carbonyl (C=O) groups is 2. The molecular weight excluding hydrogens is 328 g/mol. The summed E-state index contributed by atoms with van der Waals surface area (Å²) in [6.45, 7) is 7.74. The Morgan fingerprint density at radius 1 is 1.27 bits per heavy atom. The highest BCUT2D eigenvalue weighted by Gasteiger charge is 2.62. The van der Waals surface area contributed by atoms with Crippen LogP contribution in [0.4, 0.5) is 0 Å². The average molecular weight is 358 g/mol. The molecule has 0 aromatic rings. The second-order valence-electron chi connectivity index (χ2n) is 9.39. The molecule has 0 radical (unpaired) electrons. The van der Waals surface area contributed by atoms with E-state index in [0.29, 0.717) is 24.7 Å². The summed E-state index contributed by atoms with van der Waals surface area (Å²) in [4.78, 5) is 23.6. The number of rotatable bonds is 4. The summed E-state index contributed by atoms with van der Waals surface area (Å²) in [7, 11) is 0. The third-order valence-electron chi connectivity index (χ3n) is 8.46. The second-order valence-corrected chi connectivity index (χ2v) is 9.39. The van der Waals surface area contributed by atoms with Crippen molar-refractivity contribution in [3.05, 3.63) is 23.3 Å². The fraction of sp³-hybridized carbons (Fsp3) is 0.727. The monoisotopic (exact) mass is 358 g/mol. The maximum absolute atomic E-state index is 12.3. The van der Waals surface area contributed by atoms with Gasteiger partial charge in [0.25, 0.3) is 0 Å². The predicted molar refractivity (Wildman–Crippen MR) is 98.6 cm³/mol. The van der Waals surface area contributed by atoms with Crippen molar-refractivity contribution in [1.82, 2.24) is 0 Å². The third-order valence-corrected chi connectivity index (χ3v) is 8.46. The molecule has 1 N–H and O–H groups in total. The lowest BCUT2D eigenvalue weighted by molar-refractivity contribution is -0.137. The van der Waals surface area contributed by atoms with E-state index in [1.165, 1.54) is 11.1 Å². The topological polar surface area (TPSA) is 63.6 Å². The molecule has 4 nitrogen and oxygen atoms in total. The number of carbonyl (C=O) groups excluding carboxylic acids is 1. The molecule has 2 fully saturated rings. The first-order valence-electron chi connectivity index (χ1n) is 9.96. The molecule has 5 atom stereocenters. The van der Waals surface area contributed by atoms with E-state index in [0.717, 1.165) is 32.3 Å². The van der Waals surface area contributed by atoms with Gasteiger partial charge in [0, 0.05) is 17.8 Å². The maximum atomic E-state index is 12.3. The Labute approximate surface area is 155 Å². The molecule has 4 heteroatoms. The Balaban J connectivity index is 1.78. The number of carboxylic acid groups (broad SMARTS) is 1. The van der Waals surface area contributed by atoms with Crippen LogP contribution < -0.4 is 0 Å². The Morgan fingerprint density at radius 3 is 2.73 bits per heavy atom. The van der Waals surface area contributed by atoms with E-state index in [9.17, 15) is 14.7 Å². The van der Waals surface area contributed by atoms with Crippen molar-refractivity contribution in [3.63, 3.8) is 0 Å². The molecule has 1 aliphatic heterocycles. The van der Waals surface area contributed by atoms with Crippen molar-refractivity contribution >= 4 is 11.8 Å². The molecule has 1 saturated heterocycles. The first-order chi connectivity index (χ1) is 12.2. The highest BCUT2D eigenvalue weighted by molar-refractivity contribution is 5.80. The zero-order valence-electron chi connectivity index (χ0n) is 16.1.